The van der Waals surface area contributed by atoms with Crippen LogP contribution in [0.2, 0.25) is 5.02 Å². The largest absolute Gasteiger partial charge is 0.488 e. The summed E-state index contributed by atoms with van der Waals surface area (Å²) in [6, 6.07) is 10.3. The third-order valence-corrected chi connectivity index (χ3v) is 5.77. The highest BCUT2D eigenvalue weighted by atomic mass is 35.5. The lowest BCUT2D eigenvalue weighted by Crippen LogP contribution is -2.06. The lowest BCUT2D eigenvalue weighted by atomic mass is 9.98. The van der Waals surface area contributed by atoms with Gasteiger partial charge >= 0.3 is 5.97 Å². The predicted molar refractivity (Wildman–Crippen MR) is 119 cm³/mol. The number of benzene rings is 2. The van der Waals surface area contributed by atoms with Crippen molar-refractivity contribution >= 4 is 28.7 Å². The molecule has 2 aromatic carbocycles. The molecule has 1 aromatic heterocycles. The highest BCUT2D eigenvalue weighted by Gasteiger charge is 2.23. The standard InChI is InChI=1S/C25H19ClF3NO3/c1-13-5-7-21(30-24(13)25(31)32)17-4-2-3-16(17)18-11-15(26)6-8-22(18)33-12-14-9-19(27)23(29)20(28)10-14/h5-11H,2-4,12H2,1H3,(H,31,32). The smallest absolute Gasteiger partial charge is 0.354 e. The molecule has 0 unspecified atom stereocenters. The number of hydrogen-bond donors (Lipinski definition) is 1. The van der Waals surface area contributed by atoms with E-state index in [2.05, 4.69) is 4.98 Å². The van der Waals surface area contributed by atoms with Gasteiger partial charge in [-0.2, -0.15) is 0 Å². The van der Waals surface area contributed by atoms with Crippen molar-refractivity contribution in [2.75, 3.05) is 0 Å². The van der Waals surface area contributed by atoms with Crippen LogP contribution in [0, 0.1) is 24.4 Å². The van der Waals surface area contributed by atoms with Crippen LogP contribution in [0.15, 0.2) is 42.5 Å². The summed E-state index contributed by atoms with van der Waals surface area (Å²) in [6.07, 6.45) is 2.23. The Labute approximate surface area is 193 Å². The van der Waals surface area contributed by atoms with E-state index in [1.54, 1.807) is 37.3 Å². The molecule has 0 saturated heterocycles. The minimum Gasteiger partial charge on any atom is -0.488 e. The van der Waals surface area contributed by atoms with E-state index < -0.39 is 23.4 Å². The van der Waals surface area contributed by atoms with Gasteiger partial charge in [-0.15, -0.1) is 0 Å². The van der Waals surface area contributed by atoms with Crippen molar-refractivity contribution in [1.29, 1.82) is 0 Å². The topological polar surface area (TPSA) is 59.4 Å². The normalized spacial score (nSPS) is 13.5. The molecule has 4 nitrogen and oxygen atoms in total. The van der Waals surface area contributed by atoms with E-state index in [0.717, 1.165) is 29.7 Å². The Balaban J connectivity index is 1.72. The van der Waals surface area contributed by atoms with Crippen LogP contribution in [0.4, 0.5) is 13.2 Å². The molecular formula is C25H19ClF3NO3. The SMILES string of the molecule is Cc1ccc(C2=C(c3cc(Cl)ccc3OCc3cc(F)c(F)c(F)c3)CCC2)nc1C(=O)O. The second-order valence-corrected chi connectivity index (χ2v) is 8.22. The van der Waals surface area contributed by atoms with Crippen LogP contribution < -0.4 is 4.74 Å². The average molecular weight is 474 g/mol. The quantitative estimate of drug-likeness (QED) is 0.398. The Morgan fingerprint density at radius 3 is 2.45 bits per heavy atom. The predicted octanol–water partition coefficient (Wildman–Crippen LogP) is 6.83. The van der Waals surface area contributed by atoms with Crippen molar-refractivity contribution in [2.24, 2.45) is 0 Å². The van der Waals surface area contributed by atoms with Crippen molar-refractivity contribution in [2.45, 2.75) is 32.8 Å². The van der Waals surface area contributed by atoms with E-state index in [1.165, 1.54) is 0 Å². The molecule has 0 saturated carbocycles. The Morgan fingerprint density at radius 2 is 1.76 bits per heavy atom. The zero-order valence-electron chi connectivity index (χ0n) is 17.6. The summed E-state index contributed by atoms with van der Waals surface area (Å²) in [5, 5.41) is 9.91. The van der Waals surface area contributed by atoms with Crippen LogP contribution >= 0.6 is 11.6 Å². The molecule has 33 heavy (non-hydrogen) atoms. The molecule has 4 rings (SSSR count). The number of allylic oxidation sites excluding steroid dienone is 2. The van der Waals surface area contributed by atoms with E-state index in [9.17, 15) is 23.1 Å². The van der Waals surface area contributed by atoms with E-state index in [-0.39, 0.29) is 17.9 Å². The van der Waals surface area contributed by atoms with Crippen LogP contribution in [0.1, 0.15) is 52.1 Å². The first-order valence-corrected chi connectivity index (χ1v) is 10.6. The fourth-order valence-corrected chi connectivity index (χ4v) is 4.13. The average Bonchev–Trinajstić information content (AvgIpc) is 3.26. The first kappa shape index (κ1) is 22.9. The zero-order valence-corrected chi connectivity index (χ0v) is 18.3. The Bertz CT molecular complexity index is 1270. The van der Waals surface area contributed by atoms with Crippen LogP contribution in [-0.4, -0.2) is 16.1 Å². The molecule has 1 aliphatic rings. The van der Waals surface area contributed by atoms with Crippen LogP contribution in [0.3, 0.4) is 0 Å². The summed E-state index contributed by atoms with van der Waals surface area (Å²) in [6.45, 7) is 1.51. The number of carboxylic acids is 1. The van der Waals surface area contributed by atoms with E-state index >= 15 is 0 Å². The summed E-state index contributed by atoms with van der Waals surface area (Å²) in [5.74, 6) is -4.77. The van der Waals surface area contributed by atoms with Crippen molar-refractivity contribution in [3.63, 3.8) is 0 Å². The van der Waals surface area contributed by atoms with Crippen molar-refractivity contribution in [1.82, 2.24) is 4.98 Å². The van der Waals surface area contributed by atoms with Gasteiger partial charge in [-0.3, -0.25) is 0 Å². The maximum absolute atomic E-state index is 13.6. The van der Waals surface area contributed by atoms with Gasteiger partial charge in [0.15, 0.2) is 23.1 Å². The van der Waals surface area contributed by atoms with Gasteiger partial charge in [0.1, 0.15) is 12.4 Å². The zero-order chi connectivity index (χ0) is 23.7. The molecule has 0 atom stereocenters. The van der Waals surface area contributed by atoms with Crippen molar-refractivity contribution in [3.8, 4) is 5.75 Å². The lowest BCUT2D eigenvalue weighted by molar-refractivity contribution is 0.0689. The van der Waals surface area contributed by atoms with Gasteiger partial charge in [0, 0.05) is 10.6 Å². The third-order valence-electron chi connectivity index (χ3n) is 5.53. The van der Waals surface area contributed by atoms with Gasteiger partial charge in [0.2, 0.25) is 0 Å². The molecule has 3 aromatic rings. The number of aromatic carboxylic acids is 1. The molecule has 0 bridgehead atoms. The number of carboxylic acid groups (broad SMARTS) is 1. The summed E-state index contributed by atoms with van der Waals surface area (Å²) in [7, 11) is 0. The number of hydrogen-bond acceptors (Lipinski definition) is 3. The van der Waals surface area contributed by atoms with Gasteiger partial charge in [-0.05, 0) is 84.9 Å². The molecule has 8 heteroatoms. The number of nitrogens with zero attached hydrogens (tertiary/aromatic N) is 1. The van der Waals surface area contributed by atoms with Crippen LogP contribution in [0.25, 0.3) is 11.1 Å². The first-order chi connectivity index (χ1) is 15.7. The summed E-state index contributed by atoms with van der Waals surface area (Å²) >= 11 is 6.24. The number of rotatable bonds is 6. The second kappa shape index (κ2) is 9.27. The molecule has 1 heterocycles. The monoisotopic (exact) mass is 473 g/mol. The maximum Gasteiger partial charge on any atom is 0.354 e. The minimum atomic E-state index is -1.53. The summed E-state index contributed by atoms with van der Waals surface area (Å²) in [4.78, 5) is 15.9. The molecule has 0 radical (unpaired) electrons. The number of pyridine rings is 1. The van der Waals surface area contributed by atoms with E-state index in [4.69, 9.17) is 16.3 Å². The van der Waals surface area contributed by atoms with Crippen molar-refractivity contribution < 1.29 is 27.8 Å². The highest BCUT2D eigenvalue weighted by Crippen LogP contribution is 2.43. The fourth-order valence-electron chi connectivity index (χ4n) is 3.95. The van der Waals surface area contributed by atoms with Crippen LogP contribution in [0.5, 0.6) is 5.75 Å². The maximum atomic E-state index is 13.6. The second-order valence-electron chi connectivity index (χ2n) is 7.78. The molecule has 170 valence electrons. The highest BCUT2D eigenvalue weighted by molar-refractivity contribution is 6.30. The van der Waals surface area contributed by atoms with Crippen molar-refractivity contribution in [3.05, 3.63) is 93.0 Å². The van der Waals surface area contributed by atoms with Gasteiger partial charge in [0.25, 0.3) is 0 Å². The van der Waals surface area contributed by atoms with Gasteiger partial charge in [0.05, 0.1) is 5.69 Å². The molecule has 0 aliphatic heterocycles. The van der Waals surface area contributed by atoms with Crippen LogP contribution in [-0.2, 0) is 6.61 Å². The summed E-state index contributed by atoms with van der Waals surface area (Å²) in [5.41, 5.74) is 3.77. The number of aryl methyl sites for hydroxylation is 1. The lowest BCUT2D eigenvalue weighted by Gasteiger charge is -2.15. The first-order valence-electron chi connectivity index (χ1n) is 10.2. The number of aromatic nitrogens is 1. The Morgan fingerprint density at radius 1 is 1.06 bits per heavy atom. The third kappa shape index (κ3) is 4.73. The number of halogens is 4. The molecule has 0 spiro atoms. The van der Waals surface area contributed by atoms with Gasteiger partial charge in [-0.25, -0.2) is 22.9 Å². The number of ether oxygens (including phenoxy) is 1. The summed E-state index contributed by atoms with van der Waals surface area (Å²) < 4.78 is 46.2. The van der Waals surface area contributed by atoms with Gasteiger partial charge < -0.3 is 9.84 Å². The van der Waals surface area contributed by atoms with Gasteiger partial charge in [-0.1, -0.05) is 17.7 Å². The fraction of sp³-hybridized carbons (Fsp3) is 0.200. The molecule has 1 aliphatic carbocycles. The Hall–Kier alpha value is -3.32. The minimum absolute atomic E-state index is 0.00539. The van der Waals surface area contributed by atoms with E-state index in [1.807, 2.05) is 0 Å². The van der Waals surface area contributed by atoms with E-state index in [0.29, 0.717) is 40.4 Å². The molecule has 0 amide bonds. The number of carbonyl (C=O) groups is 1. The molecule has 0 fully saturated rings. The molecular weight excluding hydrogens is 455 g/mol. The Kier molecular flexibility index (Phi) is 6.42. The molecule has 1 N–H and O–H groups in total.